The molecule has 116 valence electrons. The smallest absolute Gasteiger partial charge is 0.223 e. The summed E-state index contributed by atoms with van der Waals surface area (Å²) in [5, 5.41) is 3.16. The van der Waals surface area contributed by atoms with E-state index in [2.05, 4.69) is 50.4 Å². The number of benzene rings is 1. The Bertz CT molecular complexity index is 467. The van der Waals surface area contributed by atoms with E-state index in [0.717, 1.165) is 24.8 Å². The summed E-state index contributed by atoms with van der Waals surface area (Å²) in [6, 6.07) is 8.60. The van der Waals surface area contributed by atoms with Crippen molar-refractivity contribution < 1.29 is 4.79 Å². The lowest BCUT2D eigenvalue weighted by atomic mass is 9.94. The topological polar surface area (TPSA) is 55.1 Å². The second-order valence-corrected chi connectivity index (χ2v) is 6.58. The molecule has 3 nitrogen and oxygen atoms in total. The van der Waals surface area contributed by atoms with Crippen LogP contribution < -0.4 is 11.1 Å². The van der Waals surface area contributed by atoms with E-state index >= 15 is 0 Å². The average Bonchev–Trinajstić information content (AvgIpc) is 2.95. The van der Waals surface area contributed by atoms with Gasteiger partial charge in [-0.25, -0.2) is 0 Å². The highest BCUT2D eigenvalue weighted by Gasteiger charge is 2.32. The molecule has 21 heavy (non-hydrogen) atoms. The van der Waals surface area contributed by atoms with Gasteiger partial charge < -0.3 is 11.1 Å². The van der Waals surface area contributed by atoms with Crippen LogP contribution in [0.1, 0.15) is 63.1 Å². The van der Waals surface area contributed by atoms with E-state index in [-0.39, 0.29) is 17.9 Å². The second-order valence-electron chi connectivity index (χ2n) is 6.58. The van der Waals surface area contributed by atoms with Gasteiger partial charge in [-0.1, -0.05) is 44.5 Å². The fourth-order valence-corrected chi connectivity index (χ4v) is 3.24. The minimum absolute atomic E-state index is 0.0535. The molecule has 1 aliphatic rings. The fraction of sp³-hybridized carbons (Fsp3) is 0.611. The number of carbonyl (C=O) groups excluding carboxylic acids is 1. The number of carbonyl (C=O) groups is 1. The molecule has 1 aromatic carbocycles. The van der Waals surface area contributed by atoms with Crippen LogP contribution in [0.3, 0.4) is 0 Å². The van der Waals surface area contributed by atoms with E-state index in [1.54, 1.807) is 0 Å². The lowest BCUT2D eigenvalue weighted by molar-refractivity contribution is -0.126. The molecule has 1 fully saturated rings. The first kappa shape index (κ1) is 16.0. The maximum atomic E-state index is 12.4. The summed E-state index contributed by atoms with van der Waals surface area (Å²) in [4.78, 5) is 12.4. The SMILES string of the molecule is CC(C)c1ccc(C(C)NC(=O)C2CCCC2CN)cc1. The van der Waals surface area contributed by atoms with Gasteiger partial charge in [0.1, 0.15) is 0 Å². The van der Waals surface area contributed by atoms with Crippen LogP contribution in [0.2, 0.25) is 0 Å². The zero-order chi connectivity index (χ0) is 15.4. The molecule has 0 aliphatic heterocycles. The highest BCUT2D eigenvalue weighted by molar-refractivity contribution is 5.79. The number of nitrogens with one attached hydrogen (secondary N) is 1. The normalized spacial score (nSPS) is 23.3. The zero-order valence-corrected chi connectivity index (χ0v) is 13.4. The van der Waals surface area contributed by atoms with Crippen LogP contribution in [0.25, 0.3) is 0 Å². The Labute approximate surface area is 128 Å². The summed E-state index contributed by atoms with van der Waals surface area (Å²) < 4.78 is 0. The predicted molar refractivity (Wildman–Crippen MR) is 87.0 cm³/mol. The van der Waals surface area contributed by atoms with Gasteiger partial charge in [0.05, 0.1) is 6.04 Å². The Morgan fingerprint density at radius 2 is 1.81 bits per heavy atom. The van der Waals surface area contributed by atoms with Crippen LogP contribution in [0, 0.1) is 11.8 Å². The molecular formula is C18H28N2O. The van der Waals surface area contributed by atoms with Crippen molar-refractivity contribution in [3.05, 3.63) is 35.4 Å². The molecule has 3 atom stereocenters. The summed E-state index contributed by atoms with van der Waals surface area (Å²) in [7, 11) is 0. The fourth-order valence-electron chi connectivity index (χ4n) is 3.24. The highest BCUT2D eigenvalue weighted by atomic mass is 16.2. The highest BCUT2D eigenvalue weighted by Crippen LogP contribution is 2.31. The molecule has 3 heteroatoms. The molecule has 0 bridgehead atoms. The van der Waals surface area contributed by atoms with Crippen molar-refractivity contribution in [2.75, 3.05) is 6.54 Å². The van der Waals surface area contributed by atoms with Crippen molar-refractivity contribution >= 4 is 5.91 Å². The number of hydrogen-bond acceptors (Lipinski definition) is 2. The molecule has 1 aromatic rings. The van der Waals surface area contributed by atoms with Crippen molar-refractivity contribution in [1.82, 2.24) is 5.32 Å². The number of amides is 1. The molecule has 1 saturated carbocycles. The maximum absolute atomic E-state index is 12.4. The summed E-state index contributed by atoms with van der Waals surface area (Å²) in [6.45, 7) is 7.05. The average molecular weight is 288 g/mol. The first-order valence-corrected chi connectivity index (χ1v) is 8.13. The van der Waals surface area contributed by atoms with Gasteiger partial charge in [-0.2, -0.15) is 0 Å². The Hall–Kier alpha value is -1.35. The van der Waals surface area contributed by atoms with Crippen LogP contribution in [-0.4, -0.2) is 12.5 Å². The van der Waals surface area contributed by atoms with E-state index in [0.29, 0.717) is 18.4 Å². The summed E-state index contributed by atoms with van der Waals surface area (Å²) >= 11 is 0. The molecule has 0 spiro atoms. The van der Waals surface area contributed by atoms with Crippen molar-refractivity contribution in [2.24, 2.45) is 17.6 Å². The van der Waals surface area contributed by atoms with E-state index in [1.807, 2.05) is 0 Å². The lowest BCUT2D eigenvalue weighted by Crippen LogP contribution is -2.36. The standard InChI is InChI=1S/C18H28N2O/c1-12(2)14-7-9-15(10-8-14)13(3)20-18(21)17-6-4-5-16(17)11-19/h7-10,12-13,16-17H,4-6,11,19H2,1-3H3,(H,20,21). The zero-order valence-electron chi connectivity index (χ0n) is 13.4. The van der Waals surface area contributed by atoms with Crippen molar-refractivity contribution in [2.45, 2.75) is 52.0 Å². The van der Waals surface area contributed by atoms with E-state index in [4.69, 9.17) is 5.73 Å². The van der Waals surface area contributed by atoms with Crippen LogP contribution in [0.4, 0.5) is 0 Å². The van der Waals surface area contributed by atoms with Gasteiger partial charge in [0.25, 0.3) is 0 Å². The van der Waals surface area contributed by atoms with Crippen LogP contribution in [-0.2, 0) is 4.79 Å². The number of hydrogen-bond donors (Lipinski definition) is 2. The minimum Gasteiger partial charge on any atom is -0.349 e. The first-order chi connectivity index (χ1) is 10.0. The largest absolute Gasteiger partial charge is 0.349 e. The second kappa shape index (κ2) is 7.08. The third-order valence-electron chi connectivity index (χ3n) is 4.76. The van der Waals surface area contributed by atoms with Crippen molar-refractivity contribution in [3.63, 3.8) is 0 Å². The molecule has 0 heterocycles. The summed E-state index contributed by atoms with van der Waals surface area (Å²) in [5.41, 5.74) is 8.26. The molecule has 0 saturated heterocycles. The molecule has 3 unspecified atom stereocenters. The lowest BCUT2D eigenvalue weighted by Gasteiger charge is -2.21. The third-order valence-corrected chi connectivity index (χ3v) is 4.76. The van der Waals surface area contributed by atoms with Crippen LogP contribution in [0.5, 0.6) is 0 Å². The Balaban J connectivity index is 1.97. The Morgan fingerprint density at radius 1 is 1.19 bits per heavy atom. The van der Waals surface area contributed by atoms with Crippen molar-refractivity contribution in [3.8, 4) is 0 Å². The van der Waals surface area contributed by atoms with Crippen molar-refractivity contribution in [1.29, 1.82) is 0 Å². The summed E-state index contributed by atoms with van der Waals surface area (Å²) in [6.07, 6.45) is 3.19. The molecule has 1 amide bonds. The molecular weight excluding hydrogens is 260 g/mol. The van der Waals surface area contributed by atoms with Gasteiger partial charge in [0, 0.05) is 5.92 Å². The van der Waals surface area contributed by atoms with Gasteiger partial charge >= 0.3 is 0 Å². The summed E-state index contributed by atoms with van der Waals surface area (Å²) in [5.74, 6) is 1.17. The van der Waals surface area contributed by atoms with Gasteiger partial charge in [0.2, 0.25) is 5.91 Å². The van der Waals surface area contributed by atoms with Gasteiger partial charge in [-0.3, -0.25) is 4.79 Å². The van der Waals surface area contributed by atoms with E-state index < -0.39 is 0 Å². The Morgan fingerprint density at radius 3 is 2.38 bits per heavy atom. The molecule has 0 radical (unpaired) electrons. The van der Waals surface area contributed by atoms with Gasteiger partial charge in [-0.15, -0.1) is 0 Å². The number of nitrogens with two attached hydrogens (primary N) is 1. The first-order valence-electron chi connectivity index (χ1n) is 8.13. The predicted octanol–water partition coefficient (Wildman–Crippen LogP) is 3.36. The van der Waals surface area contributed by atoms with E-state index in [9.17, 15) is 4.79 Å². The molecule has 0 aromatic heterocycles. The van der Waals surface area contributed by atoms with Gasteiger partial charge in [-0.05, 0) is 49.3 Å². The molecule has 1 aliphatic carbocycles. The monoisotopic (exact) mass is 288 g/mol. The van der Waals surface area contributed by atoms with Gasteiger partial charge in [0.15, 0.2) is 0 Å². The third kappa shape index (κ3) is 3.85. The van der Waals surface area contributed by atoms with Crippen LogP contribution >= 0.6 is 0 Å². The molecule has 3 N–H and O–H groups in total. The quantitative estimate of drug-likeness (QED) is 0.873. The molecule has 2 rings (SSSR count). The van der Waals surface area contributed by atoms with E-state index in [1.165, 1.54) is 5.56 Å². The minimum atomic E-state index is 0.0535. The Kier molecular flexibility index (Phi) is 5.40. The number of rotatable bonds is 5. The van der Waals surface area contributed by atoms with Crippen LogP contribution in [0.15, 0.2) is 24.3 Å². The maximum Gasteiger partial charge on any atom is 0.223 e.